The molecule has 16 heavy (non-hydrogen) atoms. The quantitative estimate of drug-likeness (QED) is 0.804. The third-order valence-corrected chi connectivity index (χ3v) is 3.47. The number of hydrogen-bond donors (Lipinski definition) is 2. The Bertz CT molecular complexity index is 211. The highest BCUT2D eigenvalue weighted by molar-refractivity contribution is 5.85. The van der Waals surface area contributed by atoms with Gasteiger partial charge in [-0.25, -0.2) is 0 Å². The van der Waals surface area contributed by atoms with E-state index in [1.54, 1.807) is 6.92 Å². The molecule has 4 heteroatoms. The Morgan fingerprint density at radius 3 is 2.06 bits per heavy atom. The van der Waals surface area contributed by atoms with Crippen molar-refractivity contribution in [1.29, 1.82) is 0 Å². The zero-order valence-electron chi connectivity index (χ0n) is 10.5. The van der Waals surface area contributed by atoms with Crippen molar-refractivity contribution in [3.63, 3.8) is 0 Å². The number of rotatable bonds is 3. The van der Waals surface area contributed by atoms with Crippen molar-refractivity contribution in [3.8, 4) is 0 Å². The second-order valence-corrected chi connectivity index (χ2v) is 5.15. The van der Waals surface area contributed by atoms with E-state index >= 15 is 0 Å². The summed E-state index contributed by atoms with van der Waals surface area (Å²) in [4.78, 5) is 11.4. The Hall–Kier alpha value is -0.280. The summed E-state index contributed by atoms with van der Waals surface area (Å²) in [5.74, 6) is 1.60. The minimum absolute atomic E-state index is 0. The molecule has 1 fully saturated rings. The number of carbonyl (C=O) groups excluding carboxylic acids is 1. The lowest BCUT2D eigenvalue weighted by Gasteiger charge is -2.31. The van der Waals surface area contributed by atoms with Gasteiger partial charge >= 0.3 is 0 Å². The van der Waals surface area contributed by atoms with E-state index in [0.717, 1.165) is 24.7 Å². The first-order valence-corrected chi connectivity index (χ1v) is 6.06. The molecule has 1 saturated carbocycles. The molecule has 0 radical (unpaired) electrons. The molecule has 0 spiro atoms. The van der Waals surface area contributed by atoms with Gasteiger partial charge in [0.2, 0.25) is 5.91 Å². The summed E-state index contributed by atoms with van der Waals surface area (Å²) in [6, 6.07) is -0.0219. The van der Waals surface area contributed by atoms with E-state index in [0.29, 0.717) is 6.04 Å². The fourth-order valence-electron chi connectivity index (χ4n) is 2.26. The van der Waals surface area contributed by atoms with Crippen molar-refractivity contribution in [1.82, 2.24) is 5.32 Å². The number of carbonyl (C=O) groups is 1. The van der Waals surface area contributed by atoms with Crippen LogP contribution in [0.15, 0.2) is 0 Å². The van der Waals surface area contributed by atoms with E-state index < -0.39 is 0 Å². The van der Waals surface area contributed by atoms with Gasteiger partial charge in [0.15, 0.2) is 0 Å². The lowest BCUT2D eigenvalue weighted by atomic mass is 9.79. The van der Waals surface area contributed by atoms with E-state index in [-0.39, 0.29) is 24.4 Å². The molecule has 0 heterocycles. The SMILES string of the molecule is CC(C)C1CCC(NC(=O)[C@@H](C)N)CC1.Cl. The molecule has 1 aliphatic carbocycles. The molecule has 1 aliphatic rings. The monoisotopic (exact) mass is 248 g/mol. The zero-order valence-corrected chi connectivity index (χ0v) is 11.3. The molecule has 0 aromatic heterocycles. The molecule has 0 bridgehead atoms. The van der Waals surface area contributed by atoms with Gasteiger partial charge in [0.05, 0.1) is 6.04 Å². The van der Waals surface area contributed by atoms with Crippen LogP contribution in [0.2, 0.25) is 0 Å². The molecular weight excluding hydrogens is 224 g/mol. The second-order valence-electron chi connectivity index (χ2n) is 5.15. The first-order valence-electron chi connectivity index (χ1n) is 6.06. The summed E-state index contributed by atoms with van der Waals surface area (Å²) in [5.41, 5.74) is 5.52. The first-order chi connectivity index (χ1) is 7.00. The third kappa shape index (κ3) is 4.71. The van der Waals surface area contributed by atoms with Crippen molar-refractivity contribution < 1.29 is 4.79 Å². The largest absolute Gasteiger partial charge is 0.352 e. The summed E-state index contributed by atoms with van der Waals surface area (Å²) in [5, 5.41) is 3.01. The summed E-state index contributed by atoms with van der Waals surface area (Å²) in [6.45, 7) is 6.30. The fourth-order valence-corrected chi connectivity index (χ4v) is 2.26. The highest BCUT2D eigenvalue weighted by atomic mass is 35.5. The molecule has 3 nitrogen and oxygen atoms in total. The van der Waals surface area contributed by atoms with E-state index in [2.05, 4.69) is 19.2 Å². The van der Waals surface area contributed by atoms with Crippen LogP contribution >= 0.6 is 12.4 Å². The Kier molecular flexibility index (Phi) is 7.00. The molecule has 1 atom stereocenters. The van der Waals surface area contributed by atoms with Gasteiger partial charge in [-0.3, -0.25) is 4.79 Å². The van der Waals surface area contributed by atoms with Crippen LogP contribution in [0.1, 0.15) is 46.5 Å². The van der Waals surface area contributed by atoms with Crippen molar-refractivity contribution in [3.05, 3.63) is 0 Å². The average molecular weight is 249 g/mol. The average Bonchev–Trinajstić information content (AvgIpc) is 2.18. The van der Waals surface area contributed by atoms with Crippen LogP contribution in [0.4, 0.5) is 0 Å². The van der Waals surface area contributed by atoms with E-state index in [1.165, 1.54) is 12.8 Å². The number of halogens is 1. The van der Waals surface area contributed by atoms with E-state index in [4.69, 9.17) is 5.73 Å². The van der Waals surface area contributed by atoms with Crippen LogP contribution in [0.25, 0.3) is 0 Å². The Morgan fingerprint density at radius 1 is 1.19 bits per heavy atom. The normalized spacial score (nSPS) is 27.1. The summed E-state index contributed by atoms with van der Waals surface area (Å²) >= 11 is 0. The van der Waals surface area contributed by atoms with Crippen LogP contribution in [-0.4, -0.2) is 18.0 Å². The predicted octanol–water partition coefficient (Wildman–Crippen LogP) is 2.09. The van der Waals surface area contributed by atoms with Gasteiger partial charge in [0.25, 0.3) is 0 Å². The van der Waals surface area contributed by atoms with Crippen molar-refractivity contribution in [2.24, 2.45) is 17.6 Å². The van der Waals surface area contributed by atoms with Crippen molar-refractivity contribution in [2.45, 2.75) is 58.5 Å². The molecule has 1 amide bonds. The van der Waals surface area contributed by atoms with Gasteiger partial charge in [-0.15, -0.1) is 12.4 Å². The molecule has 0 aliphatic heterocycles. The van der Waals surface area contributed by atoms with Gasteiger partial charge < -0.3 is 11.1 Å². The van der Waals surface area contributed by atoms with Crippen molar-refractivity contribution in [2.75, 3.05) is 0 Å². The summed E-state index contributed by atoms with van der Waals surface area (Å²) in [6.07, 6.45) is 4.70. The molecule has 96 valence electrons. The fraction of sp³-hybridized carbons (Fsp3) is 0.917. The Balaban J connectivity index is 0.00000225. The van der Waals surface area contributed by atoms with Crippen LogP contribution in [-0.2, 0) is 4.79 Å². The summed E-state index contributed by atoms with van der Waals surface area (Å²) in [7, 11) is 0. The molecule has 1 rings (SSSR count). The molecule has 3 N–H and O–H groups in total. The molecule has 0 aromatic rings. The molecule has 0 unspecified atom stereocenters. The van der Waals surface area contributed by atoms with E-state index in [9.17, 15) is 4.79 Å². The second kappa shape index (κ2) is 7.13. The maximum Gasteiger partial charge on any atom is 0.236 e. The highest BCUT2D eigenvalue weighted by Crippen LogP contribution is 2.29. The van der Waals surface area contributed by atoms with Gasteiger partial charge in [0, 0.05) is 6.04 Å². The first kappa shape index (κ1) is 15.7. The predicted molar refractivity (Wildman–Crippen MR) is 69.6 cm³/mol. The lowest BCUT2D eigenvalue weighted by molar-refractivity contribution is -0.123. The summed E-state index contributed by atoms with van der Waals surface area (Å²) < 4.78 is 0. The van der Waals surface area contributed by atoms with E-state index in [1.807, 2.05) is 0 Å². The number of nitrogens with two attached hydrogens (primary N) is 1. The van der Waals surface area contributed by atoms with Gasteiger partial charge in [-0.2, -0.15) is 0 Å². The maximum absolute atomic E-state index is 11.4. The molecule has 0 saturated heterocycles. The van der Waals surface area contributed by atoms with Gasteiger partial charge in [-0.05, 0) is 44.4 Å². The number of nitrogens with one attached hydrogen (secondary N) is 1. The lowest BCUT2D eigenvalue weighted by Crippen LogP contribution is -2.45. The van der Waals surface area contributed by atoms with Crippen LogP contribution < -0.4 is 11.1 Å². The van der Waals surface area contributed by atoms with Gasteiger partial charge in [0.1, 0.15) is 0 Å². The zero-order chi connectivity index (χ0) is 11.4. The van der Waals surface area contributed by atoms with Crippen molar-refractivity contribution >= 4 is 18.3 Å². The molecule has 0 aromatic carbocycles. The minimum Gasteiger partial charge on any atom is -0.352 e. The highest BCUT2D eigenvalue weighted by Gasteiger charge is 2.24. The van der Waals surface area contributed by atoms with Crippen LogP contribution in [0.5, 0.6) is 0 Å². The standard InChI is InChI=1S/C12H24N2O.ClH/c1-8(2)10-4-6-11(7-5-10)14-12(15)9(3)13;/h8-11H,4-7,13H2,1-3H3,(H,14,15);1H/t9-,10?,11?;/m1./s1. The third-order valence-electron chi connectivity index (χ3n) is 3.47. The topological polar surface area (TPSA) is 55.1 Å². The Morgan fingerprint density at radius 2 is 1.69 bits per heavy atom. The number of hydrogen-bond acceptors (Lipinski definition) is 2. The van der Waals surface area contributed by atoms with Crippen LogP contribution in [0, 0.1) is 11.8 Å². The van der Waals surface area contributed by atoms with Crippen LogP contribution in [0.3, 0.4) is 0 Å². The Labute approximate surface area is 105 Å². The number of amides is 1. The minimum atomic E-state index is -0.382. The smallest absolute Gasteiger partial charge is 0.236 e. The maximum atomic E-state index is 11.4. The van der Waals surface area contributed by atoms with Gasteiger partial charge in [-0.1, -0.05) is 13.8 Å². The molecular formula is C12H25ClN2O.